The number of nitrogens with zero attached hydrogens (tertiary/aromatic N) is 8. The van der Waals surface area contributed by atoms with Crippen LogP contribution in [0.5, 0.6) is 11.5 Å². The minimum atomic E-state index is -1.52. The summed E-state index contributed by atoms with van der Waals surface area (Å²) in [6.07, 6.45) is 1.09. The van der Waals surface area contributed by atoms with Crippen molar-refractivity contribution in [2.45, 2.75) is 83.7 Å². The van der Waals surface area contributed by atoms with Crippen LogP contribution in [0.25, 0.3) is 17.1 Å². The number of phenols is 2. The number of carbonyl (C=O) groups is 9. The molecule has 2 atom stereocenters. The lowest BCUT2D eigenvalue weighted by atomic mass is 9.90. The Morgan fingerprint density at radius 1 is 0.636 bits per heavy atom. The maximum absolute atomic E-state index is 13.2. The minimum absolute atomic E-state index is 0.00422. The molecule has 30 heteroatoms. The van der Waals surface area contributed by atoms with E-state index < -0.39 is 85.6 Å². The van der Waals surface area contributed by atoms with Crippen molar-refractivity contribution in [1.82, 2.24) is 55.2 Å². The van der Waals surface area contributed by atoms with Crippen LogP contribution in [0, 0.1) is 5.92 Å². The Bertz CT molecular complexity index is 2780. The van der Waals surface area contributed by atoms with Gasteiger partial charge < -0.3 is 70.8 Å². The molecule has 10 N–H and O–H groups in total. The highest BCUT2D eigenvalue weighted by molar-refractivity contribution is 5.92. The monoisotopic (exact) mass is 1240 g/mol. The highest BCUT2D eigenvalue weighted by atomic mass is 16.5. The fourth-order valence-electron chi connectivity index (χ4n) is 10.3. The zero-order valence-electron chi connectivity index (χ0n) is 50.2. The van der Waals surface area contributed by atoms with Crippen molar-refractivity contribution in [2.24, 2.45) is 5.92 Å². The third-order valence-electron chi connectivity index (χ3n) is 15.0. The fourth-order valence-corrected chi connectivity index (χ4v) is 10.3. The summed E-state index contributed by atoms with van der Waals surface area (Å²) in [4.78, 5) is 120. The van der Waals surface area contributed by atoms with Gasteiger partial charge in [0.05, 0.1) is 77.7 Å². The van der Waals surface area contributed by atoms with E-state index >= 15 is 0 Å². The van der Waals surface area contributed by atoms with E-state index in [0.29, 0.717) is 42.4 Å². The van der Waals surface area contributed by atoms with Crippen molar-refractivity contribution in [3.8, 4) is 28.6 Å². The van der Waals surface area contributed by atoms with E-state index in [0.717, 1.165) is 24.8 Å². The molecule has 2 fully saturated rings. The Balaban J connectivity index is 0.968. The molecule has 4 amide bonds. The van der Waals surface area contributed by atoms with Gasteiger partial charge in [-0.25, -0.2) is 0 Å². The molecule has 2 aliphatic rings. The fraction of sp³-hybridized carbons (Fsp3) is 0.603. The average molecular weight is 1240 g/mol. The molecule has 0 spiro atoms. The number of aliphatic carboxylic acids is 5. The molecule has 3 heterocycles. The van der Waals surface area contributed by atoms with Gasteiger partial charge in [0.15, 0.2) is 5.82 Å². The number of aromatic nitrogens is 3. The largest absolute Gasteiger partial charge is 0.508 e. The van der Waals surface area contributed by atoms with Crippen molar-refractivity contribution < 1.29 is 93.1 Å². The van der Waals surface area contributed by atoms with Crippen LogP contribution in [0.1, 0.15) is 87.0 Å². The lowest BCUT2D eigenvalue weighted by molar-refractivity contribution is -0.145. The average Bonchev–Trinajstić information content (AvgIpc) is 2.02. The molecule has 2 aromatic carbocycles. The van der Waals surface area contributed by atoms with E-state index in [1.54, 1.807) is 22.5 Å². The normalized spacial score (nSPS) is 16.0. The van der Waals surface area contributed by atoms with E-state index in [4.69, 9.17) is 14.2 Å². The second-order valence-electron chi connectivity index (χ2n) is 21.9. The Kier molecular flexibility index (Phi) is 29.4. The Hall–Kier alpha value is -7.87. The first-order chi connectivity index (χ1) is 42.0. The number of nitrogens with one attached hydrogen (secondary N) is 3. The van der Waals surface area contributed by atoms with Crippen LogP contribution in [0.4, 0.5) is 0 Å². The zero-order valence-corrected chi connectivity index (χ0v) is 50.2. The van der Waals surface area contributed by atoms with Crippen molar-refractivity contribution in [3.63, 3.8) is 0 Å². The molecular weight excluding hydrogens is 1150 g/mol. The van der Waals surface area contributed by atoms with Gasteiger partial charge in [0.1, 0.15) is 23.6 Å². The predicted molar refractivity (Wildman–Crippen MR) is 314 cm³/mol. The van der Waals surface area contributed by atoms with Crippen LogP contribution in [-0.2, 0) is 59.0 Å². The topological polar surface area (TPSA) is 406 Å². The maximum atomic E-state index is 13.2. The number of likely N-dealkylation sites (tertiary alicyclic amines) is 1. The Labute approximate surface area is 509 Å². The number of piperidine rings is 1. The number of phenolic OH excluding ortho intramolecular Hbond substituents is 2. The Morgan fingerprint density at radius 2 is 1.18 bits per heavy atom. The van der Waals surface area contributed by atoms with Crippen LogP contribution < -0.4 is 16.0 Å². The number of amides is 4. The lowest BCUT2D eigenvalue weighted by Crippen LogP contribution is -2.52. The summed E-state index contributed by atoms with van der Waals surface area (Å²) in [7, 11) is 0. The Morgan fingerprint density at radius 3 is 1.70 bits per heavy atom. The maximum Gasteiger partial charge on any atom is 0.320 e. The van der Waals surface area contributed by atoms with E-state index in [1.165, 1.54) is 20.8 Å². The first-order valence-corrected chi connectivity index (χ1v) is 29.5. The summed E-state index contributed by atoms with van der Waals surface area (Å²) < 4.78 is 18.3. The molecule has 2 saturated heterocycles. The second-order valence-corrected chi connectivity index (χ2v) is 21.9. The van der Waals surface area contributed by atoms with Crippen LogP contribution in [-0.4, -0.2) is 278 Å². The summed E-state index contributed by atoms with van der Waals surface area (Å²) in [5.74, 6) is -7.91. The number of carboxylic acids is 5. The molecule has 0 radical (unpaired) electrons. The van der Waals surface area contributed by atoms with Gasteiger partial charge in [0.2, 0.25) is 23.5 Å². The second kappa shape index (κ2) is 36.4. The van der Waals surface area contributed by atoms with Gasteiger partial charge in [-0.1, -0.05) is 26.0 Å². The third-order valence-corrected chi connectivity index (χ3v) is 15.0. The first kappa shape index (κ1) is 70.9. The zero-order chi connectivity index (χ0) is 64.3. The highest BCUT2D eigenvalue weighted by Gasteiger charge is 2.31. The predicted octanol–water partition coefficient (Wildman–Crippen LogP) is 0.224. The van der Waals surface area contributed by atoms with Crippen molar-refractivity contribution in [3.05, 3.63) is 53.3 Å². The molecule has 486 valence electrons. The van der Waals surface area contributed by atoms with E-state index in [2.05, 4.69) is 26.1 Å². The van der Waals surface area contributed by atoms with Gasteiger partial charge in [-0.05, 0) is 73.8 Å². The number of aromatic hydroxyl groups is 2. The van der Waals surface area contributed by atoms with Crippen LogP contribution >= 0.6 is 0 Å². The number of carboxylic acid groups (broad SMARTS) is 5. The molecule has 0 unspecified atom stereocenters. The molecule has 0 saturated carbocycles. The number of ether oxygens (including phenoxy) is 3. The smallest absolute Gasteiger partial charge is 0.320 e. The standard InChI is InChI=1S/C58H85N11O19/c1-4-59-57(83)55-63-62-54(43-32-42(38(2)3)46(70)34-47(43)71)69(55)41-7-5-39(6-8-41)31-40-11-15-68(16-12-40)49(73)13-25-86-27-29-88-30-28-87-26-14-60-56(82)44(33-50(74)75)61-48(72)10-9-45(58(84)85)67-23-21-65(36-52(78)79)19-17-64(35-51(76)77)18-20-66(22-24-67)37-53(80)81/h5-8,32,34,38,40,44-45,70-71H,4,9-31,33,35-37H2,1-3H3,(H,59,83)(H,60,82)(H,61,72)(H,74,75)(H,76,77)(H,78,79)(H,80,81)(H,84,85)/t44-,45+/m0/s1. The first-order valence-electron chi connectivity index (χ1n) is 29.5. The molecule has 0 bridgehead atoms. The summed E-state index contributed by atoms with van der Waals surface area (Å²) >= 11 is 0. The SMILES string of the molecule is CCNC(=O)c1nnc(-c2cc(C(C)C)c(O)cc2O)n1-c1ccc(CC2CCN(C(=O)CCOCCOCCOCCNC(=O)[C@H](CC(=O)O)NC(=O)CC[C@H](C(=O)O)N3CCN(CC(=O)O)CCN(CC(=O)O)CCN(CC(=O)O)CC3)CC2)cc1. The number of carbonyl (C=O) groups excluding carboxylic acids is 4. The van der Waals surface area contributed by atoms with Gasteiger partial charge in [0.25, 0.3) is 5.91 Å². The molecular formula is C58H85N11O19. The van der Waals surface area contributed by atoms with Crippen LogP contribution in [0.2, 0.25) is 0 Å². The number of rotatable bonds is 34. The highest BCUT2D eigenvalue weighted by Crippen LogP contribution is 2.38. The summed E-state index contributed by atoms with van der Waals surface area (Å²) in [5.41, 5.74) is 2.62. The molecule has 3 aromatic rings. The van der Waals surface area contributed by atoms with E-state index in [9.17, 15) is 78.9 Å². The third kappa shape index (κ3) is 23.7. The summed E-state index contributed by atoms with van der Waals surface area (Å²) in [6.45, 7) is 7.50. The molecule has 30 nitrogen and oxygen atoms in total. The number of benzene rings is 2. The van der Waals surface area contributed by atoms with Crippen molar-refractivity contribution >= 4 is 53.5 Å². The lowest BCUT2D eigenvalue weighted by Gasteiger charge is -2.35. The van der Waals surface area contributed by atoms with Crippen LogP contribution in [0.3, 0.4) is 0 Å². The molecule has 5 rings (SSSR count). The quantitative estimate of drug-likeness (QED) is 0.0358. The molecule has 1 aromatic heterocycles. The van der Waals surface area contributed by atoms with Crippen molar-refractivity contribution in [1.29, 1.82) is 0 Å². The van der Waals surface area contributed by atoms with Crippen molar-refractivity contribution in [2.75, 3.05) is 138 Å². The van der Waals surface area contributed by atoms with Gasteiger partial charge in [-0.15, -0.1) is 10.2 Å². The summed E-state index contributed by atoms with van der Waals surface area (Å²) in [5, 5.41) is 85.8. The van der Waals surface area contributed by atoms with Gasteiger partial charge in [-0.3, -0.25) is 67.3 Å². The van der Waals surface area contributed by atoms with Gasteiger partial charge in [0, 0.05) is 96.7 Å². The molecule has 2 aliphatic heterocycles. The number of hydrogen-bond acceptors (Lipinski definition) is 20. The van der Waals surface area contributed by atoms with Gasteiger partial charge >= 0.3 is 29.8 Å². The summed E-state index contributed by atoms with van der Waals surface area (Å²) in [6, 6.07) is 7.79. The van der Waals surface area contributed by atoms with Crippen LogP contribution in [0.15, 0.2) is 36.4 Å². The van der Waals surface area contributed by atoms with Gasteiger partial charge in [-0.2, -0.15) is 0 Å². The van der Waals surface area contributed by atoms with E-state index in [1.807, 2.05) is 43.0 Å². The van der Waals surface area contributed by atoms with E-state index in [-0.39, 0.29) is 153 Å². The minimum Gasteiger partial charge on any atom is -0.508 e. The molecule has 0 aliphatic carbocycles. The number of hydrogen-bond donors (Lipinski definition) is 10. The molecule has 88 heavy (non-hydrogen) atoms.